The molecule has 100 valence electrons. The molecule has 0 bridgehead atoms. The maximum Gasteiger partial charge on any atom is 0.300 e. The lowest BCUT2D eigenvalue weighted by atomic mass is 10.2. The number of nitrogens with one attached hydrogen (secondary N) is 1. The van der Waals surface area contributed by atoms with Crippen molar-refractivity contribution in [3.8, 4) is 17.6 Å². The number of carbonyl (C=O) groups excluding carboxylic acids is 1. The molecule has 0 aliphatic rings. The average molecular weight is 266 g/mol. The summed E-state index contributed by atoms with van der Waals surface area (Å²) in [6, 6.07) is 14.3. The number of amides is 1. The van der Waals surface area contributed by atoms with E-state index < -0.39 is 5.91 Å². The van der Waals surface area contributed by atoms with Crippen molar-refractivity contribution < 1.29 is 9.53 Å². The Morgan fingerprint density at radius 2 is 1.95 bits per heavy atom. The summed E-state index contributed by atoms with van der Waals surface area (Å²) in [4.78, 5) is 11.8. The van der Waals surface area contributed by atoms with Gasteiger partial charge in [0.05, 0.1) is 18.5 Å². The molecule has 0 aliphatic carbocycles. The van der Waals surface area contributed by atoms with Crippen molar-refractivity contribution in [2.24, 2.45) is 0 Å². The highest BCUT2D eigenvalue weighted by Crippen LogP contribution is 2.24. The number of anilines is 2. The van der Waals surface area contributed by atoms with Gasteiger partial charge in [0.25, 0.3) is 0 Å². The normalized spacial score (nSPS) is 9.25. The minimum Gasteiger partial charge on any atom is -0.497 e. The van der Waals surface area contributed by atoms with E-state index in [1.54, 1.807) is 25.3 Å². The highest BCUT2D eigenvalue weighted by Gasteiger charge is 2.04. The predicted octanol–water partition coefficient (Wildman–Crippen LogP) is 2.27. The Morgan fingerprint density at radius 1 is 1.20 bits per heavy atom. The Kier molecular flexibility index (Phi) is 4.25. The largest absolute Gasteiger partial charge is 0.497 e. The number of hydrogen-bond acceptors (Lipinski definition) is 3. The molecule has 0 spiro atoms. The van der Waals surface area contributed by atoms with Gasteiger partial charge in [0.2, 0.25) is 0 Å². The summed E-state index contributed by atoms with van der Waals surface area (Å²) in [5.74, 6) is 5.49. The summed E-state index contributed by atoms with van der Waals surface area (Å²) < 4.78 is 5.08. The Hall–Kier alpha value is -2.93. The van der Waals surface area contributed by atoms with E-state index in [-0.39, 0.29) is 0 Å². The molecule has 2 aromatic carbocycles. The number of carbonyl (C=O) groups is 1. The maximum absolute atomic E-state index is 11.8. The van der Waals surface area contributed by atoms with E-state index in [9.17, 15) is 4.79 Å². The first kappa shape index (κ1) is 13.5. The third-order valence-corrected chi connectivity index (χ3v) is 2.60. The second-order valence-electron chi connectivity index (χ2n) is 4.02. The quantitative estimate of drug-likeness (QED) is 0.647. The number of ether oxygens (including phenoxy) is 1. The lowest BCUT2D eigenvalue weighted by Crippen LogP contribution is -2.10. The van der Waals surface area contributed by atoms with E-state index in [0.29, 0.717) is 17.1 Å². The van der Waals surface area contributed by atoms with Gasteiger partial charge >= 0.3 is 5.91 Å². The molecule has 2 aromatic rings. The number of hydrogen-bond donors (Lipinski definition) is 2. The van der Waals surface area contributed by atoms with Crippen molar-refractivity contribution in [1.82, 2.24) is 0 Å². The van der Waals surface area contributed by atoms with Gasteiger partial charge in [0, 0.05) is 17.6 Å². The molecule has 0 aromatic heterocycles. The van der Waals surface area contributed by atoms with Crippen LogP contribution in [0.2, 0.25) is 0 Å². The number of nitrogen functional groups attached to an aromatic ring is 1. The van der Waals surface area contributed by atoms with Crippen LogP contribution in [0, 0.1) is 11.8 Å². The first-order valence-corrected chi connectivity index (χ1v) is 6.00. The molecule has 0 unspecified atom stereocenters. The Morgan fingerprint density at radius 3 is 2.65 bits per heavy atom. The van der Waals surface area contributed by atoms with Crippen molar-refractivity contribution in [2.75, 3.05) is 18.2 Å². The van der Waals surface area contributed by atoms with E-state index in [0.717, 1.165) is 5.56 Å². The van der Waals surface area contributed by atoms with Crippen LogP contribution in [0.4, 0.5) is 11.4 Å². The fourth-order valence-electron chi connectivity index (χ4n) is 1.57. The summed E-state index contributed by atoms with van der Waals surface area (Å²) in [6.45, 7) is 0. The zero-order valence-electron chi connectivity index (χ0n) is 11.0. The van der Waals surface area contributed by atoms with E-state index in [2.05, 4.69) is 17.2 Å². The Labute approximate surface area is 117 Å². The monoisotopic (exact) mass is 266 g/mol. The van der Waals surface area contributed by atoms with Gasteiger partial charge in [-0.05, 0) is 24.3 Å². The molecule has 0 saturated carbocycles. The van der Waals surface area contributed by atoms with Crippen LogP contribution in [0.25, 0.3) is 0 Å². The molecule has 0 heterocycles. The molecule has 0 radical (unpaired) electrons. The van der Waals surface area contributed by atoms with Crippen molar-refractivity contribution >= 4 is 17.3 Å². The SMILES string of the molecule is COc1ccc(N)c(NC(=O)C#Cc2ccccc2)c1. The molecule has 20 heavy (non-hydrogen) atoms. The van der Waals surface area contributed by atoms with Gasteiger partial charge in [-0.15, -0.1) is 0 Å². The summed E-state index contributed by atoms with van der Waals surface area (Å²) >= 11 is 0. The predicted molar refractivity (Wildman–Crippen MR) is 79.4 cm³/mol. The van der Waals surface area contributed by atoms with Crippen LogP contribution < -0.4 is 15.8 Å². The number of rotatable bonds is 2. The molecule has 0 atom stereocenters. The molecule has 4 nitrogen and oxygen atoms in total. The minimum atomic E-state index is -0.422. The topological polar surface area (TPSA) is 64.3 Å². The first-order chi connectivity index (χ1) is 9.69. The maximum atomic E-state index is 11.8. The fraction of sp³-hybridized carbons (Fsp3) is 0.0625. The van der Waals surface area contributed by atoms with Crippen molar-refractivity contribution in [1.29, 1.82) is 0 Å². The average Bonchev–Trinajstić information content (AvgIpc) is 2.48. The van der Waals surface area contributed by atoms with Gasteiger partial charge in [-0.25, -0.2) is 0 Å². The summed E-state index contributed by atoms with van der Waals surface area (Å²) in [5, 5.41) is 2.64. The van der Waals surface area contributed by atoms with Crippen LogP contribution in [0.15, 0.2) is 48.5 Å². The van der Waals surface area contributed by atoms with Crippen molar-refractivity contribution in [2.45, 2.75) is 0 Å². The molecule has 4 heteroatoms. The fourth-order valence-corrected chi connectivity index (χ4v) is 1.57. The molecule has 0 aliphatic heterocycles. The van der Waals surface area contributed by atoms with Crippen molar-refractivity contribution in [3.63, 3.8) is 0 Å². The summed E-state index contributed by atoms with van der Waals surface area (Å²) in [5.41, 5.74) is 7.50. The third kappa shape index (κ3) is 3.53. The highest BCUT2D eigenvalue weighted by molar-refractivity contribution is 6.05. The van der Waals surface area contributed by atoms with Gasteiger partial charge in [0.1, 0.15) is 5.75 Å². The van der Waals surface area contributed by atoms with Gasteiger partial charge < -0.3 is 15.8 Å². The molecule has 0 saturated heterocycles. The standard InChI is InChI=1S/C16H14N2O2/c1-20-13-8-9-14(17)15(11-13)18-16(19)10-7-12-5-3-2-4-6-12/h2-6,8-9,11H,17H2,1H3,(H,18,19). The number of benzene rings is 2. The lowest BCUT2D eigenvalue weighted by molar-refractivity contribution is -0.111. The molecular weight excluding hydrogens is 252 g/mol. The Balaban J connectivity index is 2.11. The van der Waals surface area contributed by atoms with E-state index in [1.807, 2.05) is 30.3 Å². The van der Waals surface area contributed by atoms with Crippen LogP contribution in [0.1, 0.15) is 5.56 Å². The lowest BCUT2D eigenvalue weighted by Gasteiger charge is -2.07. The van der Waals surface area contributed by atoms with Gasteiger partial charge in [0.15, 0.2) is 0 Å². The minimum absolute atomic E-state index is 0.422. The van der Waals surface area contributed by atoms with Crippen LogP contribution >= 0.6 is 0 Å². The van der Waals surface area contributed by atoms with Crippen molar-refractivity contribution in [3.05, 3.63) is 54.1 Å². The molecular formula is C16H14N2O2. The molecule has 3 N–H and O–H groups in total. The summed E-state index contributed by atoms with van der Waals surface area (Å²) in [7, 11) is 1.55. The zero-order chi connectivity index (χ0) is 14.4. The zero-order valence-corrected chi connectivity index (χ0v) is 11.0. The van der Waals surface area contributed by atoms with E-state index >= 15 is 0 Å². The van der Waals surface area contributed by atoms with E-state index in [4.69, 9.17) is 10.5 Å². The molecule has 0 fully saturated rings. The van der Waals surface area contributed by atoms with Crippen LogP contribution in [-0.2, 0) is 4.79 Å². The second-order valence-corrected chi connectivity index (χ2v) is 4.02. The van der Waals surface area contributed by atoms with Crippen LogP contribution in [-0.4, -0.2) is 13.0 Å². The number of methoxy groups -OCH3 is 1. The van der Waals surface area contributed by atoms with Gasteiger partial charge in [-0.3, -0.25) is 4.79 Å². The van der Waals surface area contributed by atoms with Crippen LogP contribution in [0.5, 0.6) is 5.75 Å². The number of nitrogens with two attached hydrogens (primary N) is 1. The second kappa shape index (κ2) is 6.30. The highest BCUT2D eigenvalue weighted by atomic mass is 16.5. The smallest absolute Gasteiger partial charge is 0.300 e. The Bertz CT molecular complexity index is 670. The van der Waals surface area contributed by atoms with Gasteiger partial charge in [-0.1, -0.05) is 24.1 Å². The van der Waals surface area contributed by atoms with Gasteiger partial charge in [-0.2, -0.15) is 0 Å². The van der Waals surface area contributed by atoms with E-state index in [1.165, 1.54) is 0 Å². The molecule has 1 amide bonds. The summed E-state index contributed by atoms with van der Waals surface area (Å²) in [6.07, 6.45) is 0. The van der Waals surface area contributed by atoms with Crippen LogP contribution in [0.3, 0.4) is 0 Å². The first-order valence-electron chi connectivity index (χ1n) is 6.00. The third-order valence-electron chi connectivity index (χ3n) is 2.60. The molecule has 2 rings (SSSR count).